The first-order chi connectivity index (χ1) is 9.97. The van der Waals surface area contributed by atoms with E-state index in [1.165, 1.54) is 0 Å². The fraction of sp³-hybridized carbons (Fsp3) is 0.500. The Bertz CT molecular complexity index is 527. The van der Waals surface area contributed by atoms with Gasteiger partial charge in [0.25, 0.3) is 5.91 Å². The van der Waals surface area contributed by atoms with Crippen molar-refractivity contribution in [3.63, 3.8) is 0 Å². The lowest BCUT2D eigenvalue weighted by Crippen LogP contribution is -2.33. The smallest absolute Gasteiger partial charge is 0.306 e. The van der Waals surface area contributed by atoms with Crippen molar-refractivity contribution in [2.24, 2.45) is 5.92 Å². The average Bonchev–Trinajstić information content (AvgIpc) is 2.87. The molecule has 21 heavy (non-hydrogen) atoms. The van der Waals surface area contributed by atoms with Gasteiger partial charge < -0.3 is 15.2 Å². The van der Waals surface area contributed by atoms with Crippen LogP contribution in [0.25, 0.3) is 0 Å². The molecule has 0 heterocycles. The molecule has 1 aromatic rings. The van der Waals surface area contributed by atoms with Gasteiger partial charge in [-0.3, -0.25) is 9.59 Å². The zero-order valence-corrected chi connectivity index (χ0v) is 12.3. The summed E-state index contributed by atoms with van der Waals surface area (Å²) >= 11 is 0. The van der Waals surface area contributed by atoms with Crippen molar-refractivity contribution in [3.8, 4) is 5.75 Å². The number of carboxylic acids is 1. The lowest BCUT2D eigenvalue weighted by molar-refractivity contribution is -0.141. The lowest BCUT2D eigenvalue weighted by atomic mass is 10.1. The van der Waals surface area contributed by atoms with E-state index in [4.69, 9.17) is 9.84 Å². The maximum absolute atomic E-state index is 12.3. The van der Waals surface area contributed by atoms with Crippen molar-refractivity contribution in [3.05, 3.63) is 29.8 Å². The number of carboxylic acid groups (broad SMARTS) is 1. The van der Waals surface area contributed by atoms with E-state index in [9.17, 15) is 9.59 Å². The Morgan fingerprint density at radius 3 is 2.62 bits per heavy atom. The number of hydrogen-bond donors (Lipinski definition) is 2. The molecule has 0 bridgehead atoms. The van der Waals surface area contributed by atoms with Crippen LogP contribution in [0.2, 0.25) is 0 Å². The number of carbonyl (C=O) groups excluding carboxylic acids is 1. The molecular weight excluding hydrogens is 270 g/mol. The Balaban J connectivity index is 2.02. The van der Waals surface area contributed by atoms with E-state index in [0.29, 0.717) is 30.6 Å². The van der Waals surface area contributed by atoms with Gasteiger partial charge in [0, 0.05) is 6.04 Å². The summed E-state index contributed by atoms with van der Waals surface area (Å²) in [5.74, 6) is -0.784. The van der Waals surface area contributed by atoms with Crippen LogP contribution in [-0.2, 0) is 4.79 Å². The highest BCUT2D eigenvalue weighted by Crippen LogP contribution is 2.27. The van der Waals surface area contributed by atoms with Gasteiger partial charge in [-0.05, 0) is 45.2 Å². The van der Waals surface area contributed by atoms with E-state index in [-0.39, 0.29) is 24.0 Å². The molecule has 2 rings (SSSR count). The topological polar surface area (TPSA) is 75.6 Å². The van der Waals surface area contributed by atoms with Crippen LogP contribution in [-0.4, -0.2) is 29.1 Å². The van der Waals surface area contributed by atoms with E-state index < -0.39 is 5.97 Å². The standard InChI is InChI=1S/C16H21NO4/c1-10(2)21-14-6-4-3-5-13(14)15(18)17-12-8-7-11(9-12)16(19)20/h3-6,10-12H,7-9H2,1-2H3,(H,17,18)(H,19,20)/t11-,12+/m0/s1. The first-order valence-corrected chi connectivity index (χ1v) is 7.26. The number of ether oxygens (including phenoxy) is 1. The van der Waals surface area contributed by atoms with Crippen LogP contribution in [0, 0.1) is 5.92 Å². The van der Waals surface area contributed by atoms with E-state index >= 15 is 0 Å². The predicted octanol–water partition coefficient (Wildman–Crippen LogP) is 2.46. The van der Waals surface area contributed by atoms with Gasteiger partial charge in [0.15, 0.2) is 0 Å². The van der Waals surface area contributed by atoms with Gasteiger partial charge >= 0.3 is 5.97 Å². The van der Waals surface area contributed by atoms with Crippen LogP contribution in [0.4, 0.5) is 0 Å². The quantitative estimate of drug-likeness (QED) is 0.873. The van der Waals surface area contributed by atoms with Crippen molar-refractivity contribution in [2.45, 2.75) is 45.3 Å². The summed E-state index contributed by atoms with van der Waals surface area (Å²) < 4.78 is 5.64. The molecule has 0 aliphatic heterocycles. The van der Waals surface area contributed by atoms with Crippen molar-refractivity contribution in [2.75, 3.05) is 0 Å². The molecule has 1 aliphatic carbocycles. The largest absolute Gasteiger partial charge is 0.490 e. The first kappa shape index (κ1) is 15.4. The summed E-state index contributed by atoms with van der Waals surface area (Å²) in [5, 5.41) is 11.9. The third-order valence-electron chi connectivity index (χ3n) is 3.61. The fourth-order valence-corrected chi connectivity index (χ4v) is 2.61. The van der Waals surface area contributed by atoms with Crippen LogP contribution < -0.4 is 10.1 Å². The third kappa shape index (κ3) is 3.97. The molecule has 2 N–H and O–H groups in total. The minimum atomic E-state index is -0.782. The zero-order valence-electron chi connectivity index (χ0n) is 12.3. The summed E-state index contributed by atoms with van der Waals surface area (Å²) in [7, 11) is 0. The Morgan fingerprint density at radius 1 is 1.29 bits per heavy atom. The molecule has 5 heteroatoms. The minimum Gasteiger partial charge on any atom is -0.490 e. The molecular formula is C16H21NO4. The Labute approximate surface area is 124 Å². The molecule has 1 aromatic carbocycles. The van der Waals surface area contributed by atoms with Gasteiger partial charge in [-0.2, -0.15) is 0 Å². The fourth-order valence-electron chi connectivity index (χ4n) is 2.61. The molecule has 1 saturated carbocycles. The molecule has 114 valence electrons. The van der Waals surface area contributed by atoms with E-state index in [0.717, 1.165) is 0 Å². The maximum Gasteiger partial charge on any atom is 0.306 e. The monoisotopic (exact) mass is 291 g/mol. The zero-order chi connectivity index (χ0) is 15.4. The Kier molecular flexibility index (Phi) is 4.83. The second-order valence-corrected chi connectivity index (χ2v) is 5.68. The second-order valence-electron chi connectivity index (χ2n) is 5.68. The van der Waals surface area contributed by atoms with Crippen molar-refractivity contribution < 1.29 is 19.4 Å². The molecule has 0 aromatic heterocycles. The number of para-hydroxylation sites is 1. The summed E-state index contributed by atoms with van der Waals surface area (Å²) in [6, 6.07) is 7.02. The van der Waals surface area contributed by atoms with E-state index in [1.807, 2.05) is 19.9 Å². The van der Waals surface area contributed by atoms with Gasteiger partial charge in [-0.25, -0.2) is 0 Å². The normalized spacial score (nSPS) is 21.3. The van der Waals surface area contributed by atoms with Crippen LogP contribution in [0.1, 0.15) is 43.5 Å². The molecule has 0 unspecified atom stereocenters. The van der Waals surface area contributed by atoms with Gasteiger partial charge in [-0.15, -0.1) is 0 Å². The van der Waals surface area contributed by atoms with Crippen LogP contribution in [0.15, 0.2) is 24.3 Å². The molecule has 0 radical (unpaired) electrons. The Hall–Kier alpha value is -2.04. The number of carbonyl (C=O) groups is 2. The SMILES string of the molecule is CC(C)Oc1ccccc1C(=O)N[C@@H]1CC[C@H](C(=O)O)C1. The highest BCUT2D eigenvalue weighted by molar-refractivity contribution is 5.97. The molecule has 5 nitrogen and oxygen atoms in total. The number of nitrogens with one attached hydrogen (secondary N) is 1. The van der Waals surface area contributed by atoms with Crippen LogP contribution in [0.3, 0.4) is 0 Å². The van der Waals surface area contributed by atoms with E-state index in [2.05, 4.69) is 5.32 Å². The summed E-state index contributed by atoms with van der Waals surface area (Å²) in [6.45, 7) is 3.81. The molecule has 1 fully saturated rings. The second kappa shape index (κ2) is 6.61. The minimum absolute atomic E-state index is 0.0122. The average molecular weight is 291 g/mol. The van der Waals surface area contributed by atoms with Gasteiger partial charge in [-0.1, -0.05) is 12.1 Å². The van der Waals surface area contributed by atoms with Crippen molar-refractivity contribution in [1.29, 1.82) is 0 Å². The highest BCUT2D eigenvalue weighted by atomic mass is 16.5. The molecule has 0 spiro atoms. The van der Waals surface area contributed by atoms with Crippen molar-refractivity contribution in [1.82, 2.24) is 5.32 Å². The molecule has 1 amide bonds. The molecule has 1 aliphatic rings. The maximum atomic E-state index is 12.3. The van der Waals surface area contributed by atoms with Gasteiger partial charge in [0.2, 0.25) is 0 Å². The molecule has 0 saturated heterocycles. The van der Waals surface area contributed by atoms with Crippen LogP contribution >= 0.6 is 0 Å². The van der Waals surface area contributed by atoms with Gasteiger partial charge in [0.05, 0.1) is 17.6 Å². The first-order valence-electron chi connectivity index (χ1n) is 7.26. The highest BCUT2D eigenvalue weighted by Gasteiger charge is 2.31. The number of amides is 1. The summed E-state index contributed by atoms with van der Waals surface area (Å²) in [4.78, 5) is 23.3. The number of aliphatic carboxylic acids is 1. The molecule has 2 atom stereocenters. The lowest BCUT2D eigenvalue weighted by Gasteiger charge is -2.16. The number of hydrogen-bond acceptors (Lipinski definition) is 3. The number of benzene rings is 1. The Morgan fingerprint density at radius 2 is 2.00 bits per heavy atom. The van der Waals surface area contributed by atoms with Crippen LogP contribution in [0.5, 0.6) is 5.75 Å². The van der Waals surface area contributed by atoms with E-state index in [1.54, 1.807) is 18.2 Å². The number of rotatable bonds is 5. The summed E-state index contributed by atoms with van der Waals surface area (Å²) in [5.41, 5.74) is 0.491. The van der Waals surface area contributed by atoms with Crippen molar-refractivity contribution >= 4 is 11.9 Å². The van der Waals surface area contributed by atoms with Gasteiger partial charge in [0.1, 0.15) is 5.75 Å². The predicted molar refractivity (Wildman–Crippen MR) is 78.4 cm³/mol. The third-order valence-corrected chi connectivity index (χ3v) is 3.61. The summed E-state index contributed by atoms with van der Waals surface area (Å²) in [6.07, 6.45) is 1.80.